The first-order chi connectivity index (χ1) is 10.5. The summed E-state index contributed by atoms with van der Waals surface area (Å²) < 4.78 is 0. The number of hydrogen-bond acceptors (Lipinski definition) is 4. The Morgan fingerprint density at radius 3 is 2.43 bits per heavy atom. The van der Waals surface area contributed by atoms with Gasteiger partial charge in [0.1, 0.15) is 5.54 Å². The van der Waals surface area contributed by atoms with Crippen molar-refractivity contribution < 1.29 is 14.6 Å². The molecule has 0 aromatic heterocycles. The van der Waals surface area contributed by atoms with Crippen LogP contribution < -0.4 is 10.9 Å². The molecule has 0 aromatic rings. The number of nitrogens with one attached hydrogen (secondary N) is 2. The van der Waals surface area contributed by atoms with Crippen molar-refractivity contribution in [3.8, 4) is 0 Å². The number of urea groups is 1. The highest BCUT2D eigenvalue weighted by Gasteiger charge is 2.24. The second-order valence-electron chi connectivity index (χ2n) is 7.97. The van der Waals surface area contributed by atoms with Crippen molar-refractivity contribution in [1.29, 1.82) is 0 Å². The van der Waals surface area contributed by atoms with E-state index < -0.39 is 5.54 Å². The van der Waals surface area contributed by atoms with Gasteiger partial charge in [0, 0.05) is 23.7 Å². The van der Waals surface area contributed by atoms with Gasteiger partial charge in [0.2, 0.25) is 0 Å². The number of carbonyl (C=O) groups is 1. The summed E-state index contributed by atoms with van der Waals surface area (Å²) in [5, 5.41) is 18.4. The van der Waals surface area contributed by atoms with Crippen LogP contribution in [-0.2, 0) is 4.84 Å². The second-order valence-corrected chi connectivity index (χ2v) is 7.97. The molecule has 0 saturated carbocycles. The number of hydrazine groups is 1. The highest BCUT2D eigenvalue weighted by molar-refractivity contribution is 5.74. The molecule has 23 heavy (non-hydrogen) atoms. The van der Waals surface area contributed by atoms with Gasteiger partial charge < -0.3 is 15.4 Å². The lowest BCUT2D eigenvalue weighted by atomic mass is 10.1. The van der Waals surface area contributed by atoms with Crippen LogP contribution in [0.25, 0.3) is 0 Å². The van der Waals surface area contributed by atoms with E-state index in [-0.39, 0.29) is 17.7 Å². The summed E-state index contributed by atoms with van der Waals surface area (Å²) in [6.45, 7) is 12.7. The summed E-state index contributed by atoms with van der Waals surface area (Å²) in [6, 6.07) is -0.0562. The van der Waals surface area contributed by atoms with Gasteiger partial charge in [-0.1, -0.05) is 0 Å². The highest BCUT2D eigenvalue weighted by atomic mass is 16.8. The summed E-state index contributed by atoms with van der Waals surface area (Å²) in [6.07, 6.45) is 2.18. The Hall–Kier alpha value is -1.57. The molecular formula is C15H31N5O3. The van der Waals surface area contributed by atoms with Crippen molar-refractivity contribution in [3.05, 3.63) is 5.21 Å². The minimum Gasteiger partial charge on any atom is -0.570 e. The molecule has 0 spiro atoms. The molecule has 1 aliphatic rings. The predicted molar refractivity (Wildman–Crippen MR) is 87.5 cm³/mol. The molecule has 0 aromatic carbocycles. The van der Waals surface area contributed by atoms with E-state index in [0.29, 0.717) is 24.5 Å². The van der Waals surface area contributed by atoms with Gasteiger partial charge >= 0.3 is 6.03 Å². The molecule has 1 saturated heterocycles. The van der Waals surface area contributed by atoms with Crippen LogP contribution in [0.3, 0.4) is 0 Å². The predicted octanol–water partition coefficient (Wildman–Crippen LogP) is 2.55. The van der Waals surface area contributed by atoms with Gasteiger partial charge in [0.15, 0.2) is 0 Å². The van der Waals surface area contributed by atoms with E-state index >= 15 is 0 Å². The van der Waals surface area contributed by atoms with E-state index in [2.05, 4.69) is 16.0 Å². The van der Waals surface area contributed by atoms with Crippen LogP contribution in [0.1, 0.15) is 60.8 Å². The molecule has 2 amide bonds. The maximum absolute atomic E-state index is 12.2. The molecule has 134 valence electrons. The lowest BCUT2D eigenvalue weighted by Gasteiger charge is -2.27. The molecule has 8 heteroatoms. The van der Waals surface area contributed by atoms with Gasteiger partial charge in [-0.25, -0.2) is 9.63 Å². The summed E-state index contributed by atoms with van der Waals surface area (Å²) >= 11 is 0. The van der Waals surface area contributed by atoms with E-state index in [0.717, 1.165) is 12.8 Å². The number of likely N-dealkylation sites (tertiary alicyclic amines) is 1. The number of nitrogens with zero attached hydrogens (tertiary/aromatic N) is 3. The average molecular weight is 329 g/mol. The van der Waals surface area contributed by atoms with Crippen LogP contribution in [0, 0.1) is 5.21 Å². The first-order valence-electron chi connectivity index (χ1n) is 8.15. The molecule has 0 radical (unpaired) electrons. The smallest absolute Gasteiger partial charge is 0.317 e. The molecule has 0 aliphatic carbocycles. The zero-order chi connectivity index (χ0) is 17.7. The normalized spacial score (nSPS) is 20.9. The van der Waals surface area contributed by atoms with E-state index in [1.54, 1.807) is 4.90 Å². The molecule has 1 atom stereocenters. The first-order valence-corrected chi connectivity index (χ1v) is 8.15. The molecule has 0 bridgehead atoms. The fraction of sp³-hybridized carbons (Fsp3) is 0.933. The van der Waals surface area contributed by atoms with E-state index in [9.17, 15) is 10.0 Å². The van der Waals surface area contributed by atoms with Crippen molar-refractivity contribution in [1.82, 2.24) is 15.8 Å². The first kappa shape index (κ1) is 19.5. The Labute approximate surface area is 138 Å². The quantitative estimate of drug-likeness (QED) is 0.473. The lowest BCUT2D eigenvalue weighted by molar-refractivity contribution is -0.653. The largest absolute Gasteiger partial charge is 0.570 e. The number of carbonyl (C=O) groups excluding carboxylic acids is 1. The van der Waals surface area contributed by atoms with Crippen LogP contribution in [0.5, 0.6) is 0 Å². The Morgan fingerprint density at radius 2 is 1.87 bits per heavy atom. The topological polar surface area (TPSA) is 92.0 Å². The van der Waals surface area contributed by atoms with E-state index in [4.69, 9.17) is 4.84 Å². The molecule has 2 N–H and O–H groups in total. The van der Waals surface area contributed by atoms with Gasteiger partial charge in [-0.05, 0) is 66.4 Å². The second kappa shape index (κ2) is 7.81. The third-order valence-corrected chi connectivity index (χ3v) is 3.13. The fourth-order valence-corrected chi connectivity index (χ4v) is 2.20. The summed E-state index contributed by atoms with van der Waals surface area (Å²) in [4.78, 5) is 19.7. The monoisotopic (exact) mass is 329 g/mol. The van der Waals surface area contributed by atoms with Crippen molar-refractivity contribution >= 4 is 6.03 Å². The van der Waals surface area contributed by atoms with E-state index in [1.807, 2.05) is 41.5 Å². The average Bonchev–Trinajstić information content (AvgIpc) is 2.57. The SMILES string of the molecule is CC(C)(C)N=[N+]([O-])NOC1CCCN(C(=O)NC(C)(C)C)CC1. The Kier molecular flexibility index (Phi) is 6.61. The fourth-order valence-electron chi connectivity index (χ4n) is 2.20. The molecule has 1 heterocycles. The molecule has 1 unspecified atom stereocenters. The maximum atomic E-state index is 12.2. The standard InChI is InChI=1S/C15H31N5O3/c1-14(2,3)16-13(21)19-10-7-8-12(9-11-19)23-18-20(22)17-15(4,5)6/h12H,7-11H2,1-6H3,(H,16,21)(H,17,18). The summed E-state index contributed by atoms with van der Waals surface area (Å²) in [5.74, 6) is 0. The third-order valence-electron chi connectivity index (χ3n) is 3.13. The Bertz CT molecular complexity index is 426. The third kappa shape index (κ3) is 8.59. The highest BCUT2D eigenvalue weighted by Crippen LogP contribution is 2.14. The van der Waals surface area contributed by atoms with Crippen molar-refractivity contribution in [3.63, 3.8) is 0 Å². The Morgan fingerprint density at radius 1 is 1.22 bits per heavy atom. The van der Waals surface area contributed by atoms with Gasteiger partial charge in [0.25, 0.3) is 0 Å². The van der Waals surface area contributed by atoms with Crippen LogP contribution in [0.15, 0.2) is 5.11 Å². The van der Waals surface area contributed by atoms with Gasteiger partial charge in [-0.15, -0.1) is 0 Å². The molecular weight excluding hydrogens is 298 g/mol. The minimum absolute atomic E-state index is 0.0562. The zero-order valence-electron chi connectivity index (χ0n) is 15.2. The molecule has 1 aliphatic heterocycles. The minimum atomic E-state index is -0.469. The van der Waals surface area contributed by atoms with Crippen LogP contribution >= 0.6 is 0 Å². The molecule has 1 rings (SSSR count). The van der Waals surface area contributed by atoms with E-state index in [1.165, 1.54) is 0 Å². The number of hydrogen-bond donors (Lipinski definition) is 2. The van der Waals surface area contributed by atoms with Crippen molar-refractivity contribution in [2.24, 2.45) is 5.11 Å². The summed E-state index contributed by atoms with van der Waals surface area (Å²) in [7, 11) is 0. The van der Waals surface area contributed by atoms with Crippen molar-refractivity contribution in [2.45, 2.75) is 78.0 Å². The number of rotatable bonds is 3. The lowest BCUT2D eigenvalue weighted by Crippen LogP contribution is -2.48. The van der Waals surface area contributed by atoms with Crippen LogP contribution in [0.4, 0.5) is 4.79 Å². The maximum Gasteiger partial charge on any atom is 0.317 e. The van der Waals surface area contributed by atoms with Crippen LogP contribution in [-0.4, -0.2) is 46.2 Å². The van der Waals surface area contributed by atoms with Gasteiger partial charge in [-0.2, -0.15) is 0 Å². The number of amides is 2. The van der Waals surface area contributed by atoms with Crippen molar-refractivity contribution in [2.75, 3.05) is 13.1 Å². The van der Waals surface area contributed by atoms with Gasteiger partial charge in [0.05, 0.1) is 11.1 Å². The zero-order valence-corrected chi connectivity index (χ0v) is 15.2. The molecule has 8 nitrogen and oxygen atoms in total. The molecule has 1 fully saturated rings. The van der Waals surface area contributed by atoms with Crippen LogP contribution in [0.2, 0.25) is 0 Å². The Balaban J connectivity index is 2.44. The van der Waals surface area contributed by atoms with Gasteiger partial charge in [-0.3, -0.25) is 0 Å². The summed E-state index contributed by atoms with van der Waals surface area (Å²) in [5.41, 5.74) is 1.59.